The molecule has 0 radical (unpaired) electrons. The van der Waals surface area contributed by atoms with Gasteiger partial charge in [0.25, 0.3) is 0 Å². The van der Waals surface area contributed by atoms with Crippen molar-refractivity contribution in [2.45, 2.75) is 25.7 Å². The van der Waals surface area contributed by atoms with Gasteiger partial charge in [0.05, 0.1) is 12.7 Å². The second-order valence-electron chi connectivity index (χ2n) is 5.26. The molecular weight excluding hydrogens is 276 g/mol. The highest BCUT2D eigenvalue weighted by Gasteiger charge is 2.39. The van der Waals surface area contributed by atoms with Crippen LogP contribution in [0.4, 0.5) is 0 Å². The number of rotatable bonds is 4. The van der Waals surface area contributed by atoms with Crippen LogP contribution in [0.25, 0.3) is 11.0 Å². The Morgan fingerprint density at radius 3 is 2.48 bits per heavy atom. The molecule has 0 aliphatic heterocycles. The lowest BCUT2D eigenvalue weighted by Crippen LogP contribution is -2.42. The zero-order chi connectivity index (χ0) is 15.8. The second kappa shape index (κ2) is 5.48. The highest BCUT2D eigenvalue weighted by molar-refractivity contribution is 5.79. The number of hydrogen-bond acceptors (Lipinski definition) is 6. The third-order valence-electron chi connectivity index (χ3n) is 3.38. The van der Waals surface area contributed by atoms with Crippen LogP contribution < -0.4 is 10.4 Å². The summed E-state index contributed by atoms with van der Waals surface area (Å²) in [6, 6.07) is 5.54. The van der Waals surface area contributed by atoms with Crippen LogP contribution in [0.15, 0.2) is 33.5 Å². The fraction of sp³-hybridized carbons (Fsp3) is 0.400. The van der Waals surface area contributed by atoms with Crippen molar-refractivity contribution in [3.8, 4) is 5.75 Å². The number of ether oxygens (including phenoxy) is 1. The SMILES string of the molecule is COc1cc2oc(=O)ccc2cc1C(O)(O)C(O)C(C)C. The molecule has 0 saturated heterocycles. The maximum Gasteiger partial charge on any atom is 0.336 e. The smallest absolute Gasteiger partial charge is 0.336 e. The summed E-state index contributed by atoms with van der Waals surface area (Å²) in [5.41, 5.74) is -0.246. The molecule has 0 saturated carbocycles. The summed E-state index contributed by atoms with van der Waals surface area (Å²) in [4.78, 5) is 11.2. The Kier molecular flexibility index (Phi) is 4.04. The van der Waals surface area contributed by atoms with Crippen LogP contribution in [0.5, 0.6) is 5.75 Å². The van der Waals surface area contributed by atoms with Gasteiger partial charge in [-0.1, -0.05) is 13.8 Å². The van der Waals surface area contributed by atoms with Gasteiger partial charge < -0.3 is 24.5 Å². The first-order valence-corrected chi connectivity index (χ1v) is 6.52. The normalized spacial score (nSPS) is 13.7. The van der Waals surface area contributed by atoms with E-state index < -0.39 is 17.5 Å². The number of methoxy groups -OCH3 is 1. The predicted octanol–water partition coefficient (Wildman–Crippen LogP) is 0.956. The van der Waals surface area contributed by atoms with Gasteiger partial charge in [0.2, 0.25) is 5.79 Å². The van der Waals surface area contributed by atoms with Crippen LogP contribution in [0, 0.1) is 5.92 Å². The Balaban J connectivity index is 2.67. The predicted molar refractivity (Wildman–Crippen MR) is 76.0 cm³/mol. The summed E-state index contributed by atoms with van der Waals surface area (Å²) in [6.07, 6.45) is -1.40. The van der Waals surface area contributed by atoms with Crippen molar-refractivity contribution in [2.75, 3.05) is 7.11 Å². The maximum atomic E-state index is 11.2. The fourth-order valence-corrected chi connectivity index (χ4v) is 2.18. The van der Waals surface area contributed by atoms with Gasteiger partial charge in [-0.3, -0.25) is 0 Å². The number of benzene rings is 1. The molecule has 0 spiro atoms. The van der Waals surface area contributed by atoms with Crippen molar-refractivity contribution in [3.63, 3.8) is 0 Å². The minimum absolute atomic E-state index is 0.00699. The summed E-state index contributed by atoms with van der Waals surface area (Å²) < 4.78 is 10.1. The van der Waals surface area contributed by atoms with Crippen LogP contribution in [0.1, 0.15) is 19.4 Å². The van der Waals surface area contributed by atoms with Gasteiger partial charge in [0, 0.05) is 17.5 Å². The van der Waals surface area contributed by atoms with Crippen LogP contribution in [0.2, 0.25) is 0 Å². The molecule has 6 nitrogen and oxygen atoms in total. The first-order valence-electron chi connectivity index (χ1n) is 6.52. The summed E-state index contributed by atoms with van der Waals surface area (Å²) in [5, 5.41) is 31.1. The molecule has 3 N–H and O–H groups in total. The van der Waals surface area contributed by atoms with Gasteiger partial charge in [-0.2, -0.15) is 0 Å². The summed E-state index contributed by atoms with van der Waals surface area (Å²) in [5.74, 6) is -2.75. The Hall–Kier alpha value is -1.89. The first-order chi connectivity index (χ1) is 9.77. The lowest BCUT2D eigenvalue weighted by atomic mass is 9.91. The van der Waals surface area contributed by atoms with Gasteiger partial charge >= 0.3 is 5.63 Å². The van der Waals surface area contributed by atoms with E-state index in [1.165, 1.54) is 31.4 Å². The summed E-state index contributed by atoms with van der Waals surface area (Å²) >= 11 is 0. The Morgan fingerprint density at radius 1 is 1.24 bits per heavy atom. The quantitative estimate of drug-likeness (QED) is 0.573. The van der Waals surface area contributed by atoms with Gasteiger partial charge in [0.1, 0.15) is 17.4 Å². The van der Waals surface area contributed by atoms with E-state index in [1.54, 1.807) is 13.8 Å². The fourth-order valence-electron chi connectivity index (χ4n) is 2.18. The molecule has 0 aliphatic rings. The number of aliphatic hydroxyl groups is 3. The van der Waals surface area contributed by atoms with Gasteiger partial charge in [-0.05, 0) is 18.1 Å². The average molecular weight is 294 g/mol. The third-order valence-corrected chi connectivity index (χ3v) is 3.38. The summed E-state index contributed by atoms with van der Waals surface area (Å²) in [6.45, 7) is 3.33. The van der Waals surface area contributed by atoms with Crippen molar-refractivity contribution in [1.29, 1.82) is 0 Å². The van der Waals surface area contributed by atoms with Gasteiger partial charge in [0.15, 0.2) is 0 Å². The topological polar surface area (TPSA) is 100 Å². The largest absolute Gasteiger partial charge is 0.496 e. The molecule has 114 valence electrons. The summed E-state index contributed by atoms with van der Waals surface area (Å²) in [7, 11) is 1.35. The molecule has 6 heteroatoms. The minimum Gasteiger partial charge on any atom is -0.496 e. The zero-order valence-corrected chi connectivity index (χ0v) is 12.0. The monoisotopic (exact) mass is 294 g/mol. The van der Waals surface area contributed by atoms with E-state index in [0.29, 0.717) is 5.39 Å². The molecule has 2 rings (SSSR count). The number of aliphatic hydroxyl groups excluding tert-OH is 1. The van der Waals surface area contributed by atoms with E-state index in [9.17, 15) is 20.1 Å². The molecule has 0 aliphatic carbocycles. The molecule has 0 bridgehead atoms. The van der Waals surface area contributed by atoms with Crippen molar-refractivity contribution < 1.29 is 24.5 Å². The zero-order valence-electron chi connectivity index (χ0n) is 12.0. The van der Waals surface area contributed by atoms with E-state index in [-0.39, 0.29) is 22.8 Å². The molecule has 0 fully saturated rings. The highest BCUT2D eigenvalue weighted by Crippen LogP contribution is 2.35. The van der Waals surface area contributed by atoms with E-state index in [4.69, 9.17) is 9.15 Å². The van der Waals surface area contributed by atoms with Crippen molar-refractivity contribution in [3.05, 3.63) is 40.2 Å². The lowest BCUT2D eigenvalue weighted by molar-refractivity contribution is -0.245. The minimum atomic E-state index is -2.48. The molecule has 1 unspecified atom stereocenters. The van der Waals surface area contributed by atoms with E-state index in [0.717, 1.165) is 0 Å². The molecule has 21 heavy (non-hydrogen) atoms. The van der Waals surface area contributed by atoms with Gasteiger partial charge in [-0.25, -0.2) is 4.79 Å². The standard InChI is InChI=1S/C15H18O6/c1-8(2)14(17)15(18,19)10-6-9-4-5-13(16)21-11(9)7-12(10)20-3/h4-8,14,17-19H,1-3H3. The first kappa shape index (κ1) is 15.5. The second-order valence-corrected chi connectivity index (χ2v) is 5.26. The number of hydrogen-bond donors (Lipinski definition) is 3. The van der Waals surface area contributed by atoms with E-state index in [1.807, 2.05) is 0 Å². The maximum absolute atomic E-state index is 11.2. The van der Waals surface area contributed by atoms with Crippen molar-refractivity contribution in [1.82, 2.24) is 0 Å². The van der Waals surface area contributed by atoms with Crippen molar-refractivity contribution in [2.24, 2.45) is 5.92 Å². The highest BCUT2D eigenvalue weighted by atomic mass is 16.5. The number of fused-ring (bicyclic) bond motifs is 1. The lowest BCUT2D eigenvalue weighted by Gasteiger charge is -2.31. The van der Waals surface area contributed by atoms with Crippen LogP contribution in [0.3, 0.4) is 0 Å². The Morgan fingerprint density at radius 2 is 1.90 bits per heavy atom. The Bertz CT molecular complexity index is 701. The van der Waals surface area contributed by atoms with Crippen LogP contribution in [-0.4, -0.2) is 28.5 Å². The van der Waals surface area contributed by atoms with Crippen LogP contribution >= 0.6 is 0 Å². The average Bonchev–Trinajstić information content (AvgIpc) is 2.44. The Labute approximate surface area is 121 Å². The van der Waals surface area contributed by atoms with Gasteiger partial charge in [-0.15, -0.1) is 0 Å². The molecular formula is C15H18O6. The third kappa shape index (κ3) is 2.78. The van der Waals surface area contributed by atoms with E-state index in [2.05, 4.69) is 0 Å². The molecule has 1 aromatic carbocycles. The molecule has 0 amide bonds. The molecule has 1 aromatic heterocycles. The molecule has 2 aromatic rings. The van der Waals surface area contributed by atoms with Crippen molar-refractivity contribution >= 4 is 11.0 Å². The van der Waals surface area contributed by atoms with E-state index >= 15 is 0 Å². The molecule has 1 heterocycles. The van der Waals surface area contributed by atoms with Crippen LogP contribution in [-0.2, 0) is 5.79 Å². The molecule has 1 atom stereocenters.